The largest absolute Gasteiger partial charge is 0.507 e. The van der Waals surface area contributed by atoms with Gasteiger partial charge in [-0.1, -0.05) is 23.7 Å². The van der Waals surface area contributed by atoms with Crippen LogP contribution in [0.5, 0.6) is 5.75 Å². The summed E-state index contributed by atoms with van der Waals surface area (Å²) in [5.41, 5.74) is 5.61. The number of hydrogen-bond acceptors (Lipinski definition) is 5. The molecule has 0 saturated heterocycles. The van der Waals surface area contributed by atoms with Gasteiger partial charge in [-0.15, -0.1) is 0 Å². The van der Waals surface area contributed by atoms with Crippen LogP contribution in [0.1, 0.15) is 26.5 Å². The molecule has 1 heterocycles. The van der Waals surface area contributed by atoms with Gasteiger partial charge < -0.3 is 14.8 Å². The molecule has 3 aromatic rings. The van der Waals surface area contributed by atoms with Crippen LogP contribution in [0.25, 0.3) is 0 Å². The summed E-state index contributed by atoms with van der Waals surface area (Å²) in [5, 5.41) is 12.6. The Hall–Kier alpha value is -3.30. The molecule has 0 fully saturated rings. The first-order chi connectivity index (χ1) is 14.3. The predicted molar refractivity (Wildman–Crippen MR) is 113 cm³/mol. The molecule has 0 aliphatic heterocycles. The van der Waals surface area contributed by atoms with E-state index in [1.807, 2.05) is 0 Å². The van der Waals surface area contributed by atoms with Crippen LogP contribution in [0, 0.1) is 0 Å². The summed E-state index contributed by atoms with van der Waals surface area (Å²) in [5.74, 6) is -1.68. The van der Waals surface area contributed by atoms with Gasteiger partial charge in [0.05, 0.1) is 12.0 Å². The molecule has 0 aliphatic carbocycles. The van der Waals surface area contributed by atoms with Crippen molar-refractivity contribution in [3.05, 3.63) is 81.2 Å². The second-order valence-corrected chi connectivity index (χ2v) is 7.31. The van der Waals surface area contributed by atoms with Gasteiger partial charge in [0.15, 0.2) is 10.4 Å². The SMILES string of the molecule is O=C(Cc1ccc(NC(=O)c2ccc(Br)o2)cc1)NNC(=O)c1cc(Cl)ccc1O. The number of furan rings is 1. The van der Waals surface area contributed by atoms with E-state index in [2.05, 4.69) is 32.1 Å². The molecule has 0 radical (unpaired) electrons. The minimum atomic E-state index is -0.703. The summed E-state index contributed by atoms with van der Waals surface area (Å²) >= 11 is 8.93. The fourth-order valence-electron chi connectivity index (χ4n) is 2.45. The summed E-state index contributed by atoms with van der Waals surface area (Å²) in [6.45, 7) is 0. The van der Waals surface area contributed by atoms with Gasteiger partial charge in [-0.05, 0) is 64.0 Å². The maximum atomic E-state index is 12.0. The van der Waals surface area contributed by atoms with Crippen molar-refractivity contribution in [3.63, 3.8) is 0 Å². The molecule has 30 heavy (non-hydrogen) atoms. The van der Waals surface area contributed by atoms with Crippen LogP contribution >= 0.6 is 27.5 Å². The number of carbonyl (C=O) groups excluding carboxylic acids is 3. The third-order valence-corrected chi connectivity index (χ3v) is 4.55. The number of nitrogens with one attached hydrogen (secondary N) is 3. The van der Waals surface area contributed by atoms with E-state index in [-0.39, 0.29) is 28.5 Å². The van der Waals surface area contributed by atoms with Crippen molar-refractivity contribution in [1.82, 2.24) is 10.9 Å². The number of halogens is 2. The zero-order chi connectivity index (χ0) is 21.7. The third kappa shape index (κ3) is 5.62. The number of benzene rings is 2. The zero-order valence-corrected chi connectivity index (χ0v) is 17.6. The molecule has 0 aliphatic rings. The van der Waals surface area contributed by atoms with Crippen molar-refractivity contribution >= 4 is 50.9 Å². The minimum Gasteiger partial charge on any atom is -0.507 e. The van der Waals surface area contributed by atoms with Crippen LogP contribution in [0.3, 0.4) is 0 Å². The number of phenolic OH excluding ortho intramolecular Hbond substituents is 1. The van der Waals surface area contributed by atoms with Crippen LogP contribution in [0.2, 0.25) is 5.02 Å². The number of aromatic hydroxyl groups is 1. The predicted octanol–water partition coefficient (Wildman–Crippen LogP) is 3.66. The van der Waals surface area contributed by atoms with Crippen LogP contribution in [-0.4, -0.2) is 22.8 Å². The average Bonchev–Trinajstić information content (AvgIpc) is 3.16. The highest BCUT2D eigenvalue weighted by atomic mass is 79.9. The van der Waals surface area contributed by atoms with Crippen molar-refractivity contribution in [2.75, 3.05) is 5.32 Å². The van der Waals surface area contributed by atoms with Crippen LogP contribution < -0.4 is 16.2 Å². The van der Waals surface area contributed by atoms with E-state index in [4.69, 9.17) is 16.0 Å². The first-order valence-electron chi connectivity index (χ1n) is 8.55. The molecule has 0 unspecified atom stereocenters. The molecule has 0 saturated carbocycles. The lowest BCUT2D eigenvalue weighted by Crippen LogP contribution is -2.42. The molecule has 2 aromatic carbocycles. The molecule has 10 heteroatoms. The van der Waals surface area contributed by atoms with Crippen LogP contribution in [-0.2, 0) is 11.2 Å². The summed E-state index contributed by atoms with van der Waals surface area (Å²) in [4.78, 5) is 36.1. The summed E-state index contributed by atoms with van der Waals surface area (Å²) in [7, 11) is 0. The Bertz CT molecular complexity index is 1100. The Morgan fingerprint density at radius 3 is 2.37 bits per heavy atom. The molecule has 0 bridgehead atoms. The van der Waals surface area contributed by atoms with Gasteiger partial charge in [0.25, 0.3) is 11.8 Å². The van der Waals surface area contributed by atoms with Crippen molar-refractivity contribution < 1.29 is 23.9 Å². The summed E-state index contributed by atoms with van der Waals surface area (Å²) in [6.07, 6.45) is -0.0127. The highest BCUT2D eigenvalue weighted by Gasteiger charge is 2.13. The molecule has 3 amide bonds. The van der Waals surface area contributed by atoms with Crippen molar-refractivity contribution in [1.29, 1.82) is 0 Å². The molecule has 0 spiro atoms. The van der Waals surface area contributed by atoms with E-state index in [0.717, 1.165) is 0 Å². The summed E-state index contributed by atoms with van der Waals surface area (Å²) < 4.78 is 5.63. The lowest BCUT2D eigenvalue weighted by atomic mass is 10.1. The fraction of sp³-hybridized carbons (Fsp3) is 0.0500. The standard InChI is InChI=1S/C20H15BrClN3O5/c21-17-8-7-16(30-17)20(29)23-13-4-1-11(2-5-13)9-18(27)24-25-19(28)14-10-12(22)3-6-15(14)26/h1-8,10,26H,9H2,(H,23,29)(H,24,27)(H,25,28). The molecule has 1 aromatic heterocycles. The van der Waals surface area contributed by atoms with E-state index in [1.54, 1.807) is 30.3 Å². The highest BCUT2D eigenvalue weighted by molar-refractivity contribution is 9.10. The molecule has 0 atom stereocenters. The number of hydrazine groups is 1. The Morgan fingerprint density at radius 2 is 1.70 bits per heavy atom. The fourth-order valence-corrected chi connectivity index (χ4v) is 2.93. The zero-order valence-electron chi connectivity index (χ0n) is 15.2. The smallest absolute Gasteiger partial charge is 0.291 e. The number of carbonyl (C=O) groups is 3. The van der Waals surface area contributed by atoms with E-state index >= 15 is 0 Å². The number of hydrogen-bond donors (Lipinski definition) is 4. The maximum absolute atomic E-state index is 12.0. The molecule has 8 nitrogen and oxygen atoms in total. The van der Waals surface area contributed by atoms with Gasteiger partial charge in [0, 0.05) is 10.7 Å². The van der Waals surface area contributed by atoms with Gasteiger partial charge in [-0.2, -0.15) is 0 Å². The molecular weight excluding hydrogens is 478 g/mol. The minimum absolute atomic E-state index is 0.0127. The van der Waals surface area contributed by atoms with Gasteiger partial charge in [0.1, 0.15) is 5.75 Å². The first-order valence-corrected chi connectivity index (χ1v) is 9.72. The normalized spacial score (nSPS) is 10.3. The van der Waals surface area contributed by atoms with Gasteiger partial charge >= 0.3 is 0 Å². The quantitative estimate of drug-likeness (QED) is 0.405. The lowest BCUT2D eigenvalue weighted by Gasteiger charge is -2.09. The van der Waals surface area contributed by atoms with Crippen molar-refractivity contribution in [2.24, 2.45) is 0 Å². The monoisotopic (exact) mass is 491 g/mol. The number of anilines is 1. The second kappa shape index (κ2) is 9.47. The average molecular weight is 493 g/mol. The second-order valence-electron chi connectivity index (χ2n) is 6.10. The Labute approximate surface area is 184 Å². The highest BCUT2D eigenvalue weighted by Crippen LogP contribution is 2.21. The molecular formula is C20H15BrClN3O5. The maximum Gasteiger partial charge on any atom is 0.291 e. The summed E-state index contributed by atoms with van der Waals surface area (Å²) in [6, 6.07) is 13.8. The Morgan fingerprint density at radius 1 is 0.967 bits per heavy atom. The number of amides is 3. The topological polar surface area (TPSA) is 121 Å². The Kier molecular flexibility index (Phi) is 6.76. The van der Waals surface area contributed by atoms with Gasteiger partial charge in [-0.25, -0.2) is 0 Å². The number of phenols is 1. The van der Waals surface area contributed by atoms with Crippen molar-refractivity contribution in [3.8, 4) is 5.75 Å². The van der Waals surface area contributed by atoms with E-state index in [0.29, 0.717) is 15.9 Å². The van der Waals surface area contributed by atoms with Crippen LogP contribution in [0.4, 0.5) is 5.69 Å². The molecule has 4 N–H and O–H groups in total. The third-order valence-electron chi connectivity index (χ3n) is 3.89. The molecule has 154 valence electrons. The lowest BCUT2D eigenvalue weighted by molar-refractivity contribution is -0.121. The number of rotatable bonds is 5. The Balaban J connectivity index is 1.51. The van der Waals surface area contributed by atoms with Crippen molar-refractivity contribution in [2.45, 2.75) is 6.42 Å². The van der Waals surface area contributed by atoms with E-state index < -0.39 is 17.7 Å². The van der Waals surface area contributed by atoms with E-state index in [1.165, 1.54) is 24.3 Å². The van der Waals surface area contributed by atoms with Gasteiger partial charge in [-0.3, -0.25) is 25.2 Å². The first kappa shape index (κ1) is 21.4. The molecule has 3 rings (SSSR count). The van der Waals surface area contributed by atoms with Crippen LogP contribution in [0.15, 0.2) is 63.7 Å². The van der Waals surface area contributed by atoms with E-state index in [9.17, 15) is 19.5 Å². The van der Waals surface area contributed by atoms with Gasteiger partial charge in [0.2, 0.25) is 5.91 Å².